The minimum Gasteiger partial charge on any atom is -0.495 e. The lowest BCUT2D eigenvalue weighted by Gasteiger charge is -2.28. The molecule has 2 rings (SSSR count). The summed E-state index contributed by atoms with van der Waals surface area (Å²) in [5, 5.41) is 2.74. The summed E-state index contributed by atoms with van der Waals surface area (Å²) < 4.78 is 30.7. The molecule has 0 aromatic heterocycles. The van der Waals surface area contributed by atoms with Gasteiger partial charge in [0, 0.05) is 0 Å². The Morgan fingerprint density at radius 2 is 1.86 bits per heavy atom. The summed E-state index contributed by atoms with van der Waals surface area (Å²) in [6.07, 6.45) is 0.978. The number of halogens is 1. The molecule has 0 unspecified atom stereocenters. The van der Waals surface area contributed by atoms with E-state index in [0.717, 1.165) is 10.6 Å². The van der Waals surface area contributed by atoms with Crippen LogP contribution in [0.4, 0.5) is 11.4 Å². The quantitative estimate of drug-likeness (QED) is 0.705. The third-order valence-corrected chi connectivity index (χ3v) is 5.47. The number of amides is 2. The molecule has 28 heavy (non-hydrogen) atoms. The zero-order valence-corrected chi connectivity index (χ0v) is 17.0. The number of benzene rings is 2. The first-order valence-corrected chi connectivity index (χ1v) is 10.3. The number of ether oxygens (including phenoxy) is 1. The number of methoxy groups -OCH3 is 1. The van der Waals surface area contributed by atoms with Gasteiger partial charge < -0.3 is 15.8 Å². The fraction of sp³-hybridized carbons (Fsp3) is 0.222. The minimum atomic E-state index is -3.84. The summed E-state index contributed by atoms with van der Waals surface area (Å²) in [4.78, 5) is 24.3. The SMILES string of the molecule is COc1ccc(N([C@@H](C)C(=O)Nc2ccccc2C(N)=O)S(C)(=O)=O)cc1Cl. The van der Waals surface area contributed by atoms with E-state index in [1.54, 1.807) is 12.1 Å². The molecule has 2 aromatic rings. The molecular weight excluding hydrogens is 406 g/mol. The normalized spacial score (nSPS) is 12.1. The molecule has 0 bridgehead atoms. The Labute approximate surface area is 168 Å². The van der Waals surface area contributed by atoms with Crippen LogP contribution in [0.5, 0.6) is 5.75 Å². The number of primary amides is 1. The first-order valence-electron chi connectivity index (χ1n) is 8.09. The Morgan fingerprint density at radius 1 is 1.21 bits per heavy atom. The fourth-order valence-corrected chi connectivity index (χ4v) is 4.06. The Bertz CT molecular complexity index is 1010. The van der Waals surface area contributed by atoms with Gasteiger partial charge in [0.05, 0.1) is 35.3 Å². The third kappa shape index (κ3) is 4.73. The van der Waals surface area contributed by atoms with Crippen molar-refractivity contribution in [2.24, 2.45) is 5.73 Å². The minimum absolute atomic E-state index is 0.112. The van der Waals surface area contributed by atoms with E-state index < -0.39 is 27.9 Å². The maximum absolute atomic E-state index is 12.7. The highest BCUT2D eigenvalue weighted by molar-refractivity contribution is 7.92. The summed E-state index contributed by atoms with van der Waals surface area (Å²) in [6, 6.07) is 9.41. The van der Waals surface area contributed by atoms with Crippen LogP contribution in [-0.2, 0) is 14.8 Å². The van der Waals surface area contributed by atoms with Crippen molar-refractivity contribution in [1.82, 2.24) is 0 Å². The summed E-state index contributed by atoms with van der Waals surface area (Å²) >= 11 is 6.09. The van der Waals surface area contributed by atoms with Crippen LogP contribution in [0, 0.1) is 0 Å². The number of hydrogen-bond donors (Lipinski definition) is 2. The van der Waals surface area contributed by atoms with Crippen molar-refractivity contribution in [1.29, 1.82) is 0 Å². The van der Waals surface area contributed by atoms with E-state index in [1.807, 2.05) is 0 Å². The van der Waals surface area contributed by atoms with Crippen molar-refractivity contribution in [3.05, 3.63) is 53.1 Å². The zero-order chi connectivity index (χ0) is 21.1. The highest BCUT2D eigenvalue weighted by Crippen LogP contribution is 2.31. The van der Waals surface area contributed by atoms with Gasteiger partial charge in [-0.1, -0.05) is 23.7 Å². The van der Waals surface area contributed by atoms with Gasteiger partial charge in [0.15, 0.2) is 0 Å². The highest BCUT2D eigenvalue weighted by Gasteiger charge is 2.30. The molecule has 0 aliphatic carbocycles. The third-order valence-electron chi connectivity index (χ3n) is 3.93. The number of nitrogens with zero attached hydrogens (tertiary/aromatic N) is 1. The Hall–Kier alpha value is -2.78. The van der Waals surface area contributed by atoms with E-state index in [0.29, 0.717) is 5.75 Å². The Balaban J connectivity index is 2.39. The number of nitrogens with two attached hydrogens (primary N) is 1. The van der Waals surface area contributed by atoms with E-state index in [4.69, 9.17) is 22.1 Å². The monoisotopic (exact) mass is 425 g/mol. The van der Waals surface area contributed by atoms with Crippen molar-refractivity contribution in [2.75, 3.05) is 23.0 Å². The first kappa shape index (κ1) is 21.5. The molecule has 2 amide bonds. The number of hydrogen-bond acceptors (Lipinski definition) is 5. The van der Waals surface area contributed by atoms with Gasteiger partial charge in [0.2, 0.25) is 15.9 Å². The molecule has 10 heteroatoms. The molecule has 0 aliphatic rings. The van der Waals surface area contributed by atoms with Crippen LogP contribution < -0.4 is 20.1 Å². The van der Waals surface area contributed by atoms with Crippen molar-refractivity contribution < 1.29 is 22.7 Å². The van der Waals surface area contributed by atoms with Crippen molar-refractivity contribution in [2.45, 2.75) is 13.0 Å². The van der Waals surface area contributed by atoms with E-state index in [-0.39, 0.29) is 22.0 Å². The maximum Gasteiger partial charge on any atom is 0.250 e. The predicted octanol–water partition coefficient (Wildman–Crippen LogP) is 2.24. The number of para-hydroxylation sites is 1. The van der Waals surface area contributed by atoms with Crippen molar-refractivity contribution in [3.8, 4) is 5.75 Å². The molecule has 0 spiro atoms. The largest absolute Gasteiger partial charge is 0.495 e. The van der Waals surface area contributed by atoms with Crippen LogP contribution in [0.15, 0.2) is 42.5 Å². The highest BCUT2D eigenvalue weighted by atomic mass is 35.5. The summed E-state index contributed by atoms with van der Waals surface area (Å²) in [5.41, 5.74) is 5.80. The van der Waals surface area contributed by atoms with Gasteiger partial charge in [-0.25, -0.2) is 8.42 Å². The second-order valence-electron chi connectivity index (χ2n) is 5.95. The molecule has 0 saturated carbocycles. The average molecular weight is 426 g/mol. The fourth-order valence-electron chi connectivity index (χ4n) is 2.65. The number of sulfonamides is 1. The lowest BCUT2D eigenvalue weighted by Crippen LogP contribution is -2.45. The van der Waals surface area contributed by atoms with E-state index in [2.05, 4.69) is 5.32 Å². The molecule has 2 aromatic carbocycles. The van der Waals surface area contributed by atoms with Crippen LogP contribution in [0.2, 0.25) is 5.02 Å². The topological polar surface area (TPSA) is 119 Å². The van der Waals surface area contributed by atoms with Crippen LogP contribution in [0.3, 0.4) is 0 Å². The maximum atomic E-state index is 12.7. The van der Waals surface area contributed by atoms with Gasteiger partial charge in [0.25, 0.3) is 5.91 Å². The number of carbonyl (C=O) groups is 2. The summed E-state index contributed by atoms with van der Waals surface area (Å²) in [6.45, 7) is 1.42. The molecule has 0 aliphatic heterocycles. The van der Waals surface area contributed by atoms with E-state index in [1.165, 1.54) is 44.4 Å². The smallest absolute Gasteiger partial charge is 0.250 e. The van der Waals surface area contributed by atoms with Crippen LogP contribution in [0.1, 0.15) is 17.3 Å². The molecule has 3 N–H and O–H groups in total. The number of anilines is 2. The van der Waals surface area contributed by atoms with E-state index in [9.17, 15) is 18.0 Å². The van der Waals surface area contributed by atoms with Crippen molar-refractivity contribution >= 4 is 44.8 Å². The van der Waals surface area contributed by atoms with Gasteiger partial charge in [0.1, 0.15) is 11.8 Å². The standard InChI is InChI=1S/C18H20ClN3O5S/c1-11(18(24)21-15-7-5-4-6-13(15)17(20)23)22(28(3,25)26)12-8-9-16(27-2)14(19)10-12/h4-11H,1-3H3,(H2,20,23)(H,21,24)/t11-/m0/s1. The van der Waals surface area contributed by atoms with Crippen molar-refractivity contribution in [3.63, 3.8) is 0 Å². The summed E-state index contributed by atoms with van der Waals surface area (Å²) in [5.74, 6) is -0.997. The van der Waals surface area contributed by atoms with Gasteiger partial charge in [-0.2, -0.15) is 0 Å². The molecule has 0 radical (unpaired) electrons. The molecule has 0 saturated heterocycles. The van der Waals surface area contributed by atoms with Gasteiger partial charge in [-0.3, -0.25) is 13.9 Å². The Morgan fingerprint density at radius 3 is 2.39 bits per heavy atom. The molecule has 1 atom stereocenters. The second kappa shape index (κ2) is 8.49. The average Bonchev–Trinajstić information content (AvgIpc) is 2.61. The molecular formula is C18H20ClN3O5S. The number of nitrogens with one attached hydrogen (secondary N) is 1. The van der Waals surface area contributed by atoms with Gasteiger partial charge in [-0.05, 0) is 37.3 Å². The summed E-state index contributed by atoms with van der Waals surface area (Å²) in [7, 11) is -2.40. The Kier molecular flexibility index (Phi) is 6.52. The molecule has 0 heterocycles. The zero-order valence-electron chi connectivity index (χ0n) is 15.5. The van der Waals surface area contributed by atoms with E-state index >= 15 is 0 Å². The first-order chi connectivity index (χ1) is 13.1. The number of carbonyl (C=O) groups excluding carboxylic acids is 2. The van der Waals surface area contributed by atoms with Crippen LogP contribution in [0.25, 0.3) is 0 Å². The van der Waals surface area contributed by atoms with Gasteiger partial charge in [-0.15, -0.1) is 0 Å². The number of rotatable bonds is 7. The van der Waals surface area contributed by atoms with Crippen LogP contribution >= 0.6 is 11.6 Å². The second-order valence-corrected chi connectivity index (χ2v) is 8.22. The lowest BCUT2D eigenvalue weighted by molar-refractivity contribution is -0.116. The molecule has 150 valence electrons. The van der Waals surface area contributed by atoms with Crippen LogP contribution in [-0.4, -0.2) is 39.6 Å². The molecule has 8 nitrogen and oxygen atoms in total. The van der Waals surface area contributed by atoms with Gasteiger partial charge >= 0.3 is 0 Å². The lowest BCUT2D eigenvalue weighted by atomic mass is 10.1. The molecule has 0 fully saturated rings. The predicted molar refractivity (Wildman–Crippen MR) is 108 cm³/mol.